The SMILES string of the molecule is COC(OC)C(=O)c1cn(C)c2ccccc12. The molecule has 0 saturated carbocycles. The maximum atomic E-state index is 12.2. The van der Waals surface area contributed by atoms with Crippen molar-refractivity contribution in [2.45, 2.75) is 6.29 Å². The molecule has 4 nitrogen and oxygen atoms in total. The Bertz CT molecular complexity index is 541. The second-order valence-corrected chi connectivity index (χ2v) is 3.84. The number of para-hydroxylation sites is 1. The van der Waals surface area contributed by atoms with Crippen molar-refractivity contribution in [3.8, 4) is 0 Å². The molecule has 0 saturated heterocycles. The van der Waals surface area contributed by atoms with Gasteiger partial charge in [-0.1, -0.05) is 18.2 Å². The minimum atomic E-state index is -0.846. The van der Waals surface area contributed by atoms with E-state index in [2.05, 4.69) is 0 Å². The van der Waals surface area contributed by atoms with Crippen LogP contribution in [0.25, 0.3) is 10.9 Å². The summed E-state index contributed by atoms with van der Waals surface area (Å²) in [5, 5.41) is 0.916. The number of carbonyl (C=O) groups excluding carboxylic acids is 1. The fourth-order valence-electron chi connectivity index (χ4n) is 1.98. The Labute approximate surface area is 99.7 Å². The summed E-state index contributed by atoms with van der Waals surface area (Å²) in [6.07, 6.45) is 0.957. The average Bonchev–Trinajstić information content (AvgIpc) is 2.69. The van der Waals surface area contributed by atoms with Gasteiger partial charge in [0.25, 0.3) is 0 Å². The highest BCUT2D eigenvalue weighted by atomic mass is 16.7. The van der Waals surface area contributed by atoms with E-state index in [0.29, 0.717) is 5.56 Å². The molecule has 0 aliphatic carbocycles. The second-order valence-electron chi connectivity index (χ2n) is 3.84. The van der Waals surface area contributed by atoms with Gasteiger partial charge in [-0.2, -0.15) is 0 Å². The van der Waals surface area contributed by atoms with Crippen LogP contribution in [0.3, 0.4) is 0 Å². The molecule has 0 N–H and O–H groups in total. The topological polar surface area (TPSA) is 40.5 Å². The van der Waals surface area contributed by atoms with E-state index >= 15 is 0 Å². The largest absolute Gasteiger partial charge is 0.350 e. The third-order valence-corrected chi connectivity index (χ3v) is 2.80. The summed E-state index contributed by atoms with van der Waals surface area (Å²) < 4.78 is 11.9. The molecular weight excluding hydrogens is 218 g/mol. The number of fused-ring (bicyclic) bond motifs is 1. The van der Waals surface area contributed by atoms with Crippen LogP contribution in [0.1, 0.15) is 10.4 Å². The minimum absolute atomic E-state index is 0.160. The van der Waals surface area contributed by atoms with Crippen LogP contribution in [-0.2, 0) is 16.5 Å². The zero-order chi connectivity index (χ0) is 12.4. The van der Waals surface area contributed by atoms with Gasteiger partial charge in [-0.25, -0.2) is 0 Å². The van der Waals surface area contributed by atoms with Crippen LogP contribution >= 0.6 is 0 Å². The van der Waals surface area contributed by atoms with E-state index < -0.39 is 6.29 Å². The molecule has 90 valence electrons. The van der Waals surface area contributed by atoms with Gasteiger partial charge >= 0.3 is 0 Å². The summed E-state index contributed by atoms with van der Waals surface area (Å²) in [5.74, 6) is -0.160. The number of methoxy groups -OCH3 is 2. The van der Waals surface area contributed by atoms with Crippen LogP contribution < -0.4 is 0 Å². The number of nitrogens with zero attached hydrogens (tertiary/aromatic N) is 1. The van der Waals surface area contributed by atoms with Crippen molar-refractivity contribution in [3.63, 3.8) is 0 Å². The van der Waals surface area contributed by atoms with E-state index in [1.165, 1.54) is 14.2 Å². The standard InChI is InChI=1S/C13H15NO3/c1-14-8-10(12(15)13(16-2)17-3)9-6-4-5-7-11(9)14/h4-8,13H,1-3H3. The molecule has 1 aromatic carbocycles. The Kier molecular flexibility index (Phi) is 3.26. The van der Waals surface area contributed by atoms with Crippen molar-refractivity contribution in [1.82, 2.24) is 4.57 Å². The number of ether oxygens (including phenoxy) is 2. The molecule has 0 radical (unpaired) electrons. The maximum Gasteiger partial charge on any atom is 0.222 e. The fourth-order valence-corrected chi connectivity index (χ4v) is 1.98. The normalized spacial score (nSPS) is 11.3. The predicted molar refractivity (Wildman–Crippen MR) is 65.1 cm³/mol. The van der Waals surface area contributed by atoms with E-state index in [1.807, 2.05) is 35.9 Å². The molecule has 0 unspecified atom stereocenters. The van der Waals surface area contributed by atoms with Crippen LogP contribution in [-0.4, -0.2) is 30.9 Å². The van der Waals surface area contributed by atoms with Gasteiger partial charge in [0.1, 0.15) is 0 Å². The van der Waals surface area contributed by atoms with Crippen molar-refractivity contribution in [2.75, 3.05) is 14.2 Å². The summed E-state index contributed by atoms with van der Waals surface area (Å²) in [5.41, 5.74) is 1.64. The summed E-state index contributed by atoms with van der Waals surface area (Å²) in [7, 11) is 4.82. The average molecular weight is 233 g/mol. The molecule has 1 heterocycles. The first-order chi connectivity index (χ1) is 8.19. The van der Waals surface area contributed by atoms with Crippen molar-refractivity contribution in [2.24, 2.45) is 7.05 Å². The van der Waals surface area contributed by atoms with Gasteiger partial charge < -0.3 is 14.0 Å². The van der Waals surface area contributed by atoms with Gasteiger partial charge in [0, 0.05) is 43.9 Å². The Morgan fingerprint density at radius 3 is 2.53 bits per heavy atom. The molecule has 0 spiro atoms. The number of carbonyl (C=O) groups is 1. The van der Waals surface area contributed by atoms with Gasteiger partial charge in [-0.3, -0.25) is 4.79 Å². The maximum absolute atomic E-state index is 12.2. The molecular formula is C13H15NO3. The van der Waals surface area contributed by atoms with E-state index in [1.54, 1.807) is 6.20 Å². The predicted octanol–water partition coefficient (Wildman–Crippen LogP) is 1.98. The number of ketones is 1. The number of hydrogen-bond donors (Lipinski definition) is 0. The lowest BCUT2D eigenvalue weighted by molar-refractivity contribution is -0.0741. The van der Waals surface area contributed by atoms with Crippen molar-refractivity contribution in [3.05, 3.63) is 36.0 Å². The van der Waals surface area contributed by atoms with Crippen LogP contribution in [0.4, 0.5) is 0 Å². The van der Waals surface area contributed by atoms with E-state index in [-0.39, 0.29) is 5.78 Å². The molecule has 0 amide bonds. The molecule has 0 aliphatic rings. The van der Waals surface area contributed by atoms with Crippen LogP contribution in [0.15, 0.2) is 30.5 Å². The molecule has 17 heavy (non-hydrogen) atoms. The Hall–Kier alpha value is -1.65. The molecule has 0 bridgehead atoms. The number of Topliss-reactive ketones (excluding diaryl/α,β-unsaturated/α-hetero) is 1. The van der Waals surface area contributed by atoms with Gasteiger partial charge in [-0.15, -0.1) is 0 Å². The third kappa shape index (κ3) is 1.97. The Balaban J connectivity index is 2.52. The first-order valence-electron chi connectivity index (χ1n) is 5.33. The Morgan fingerprint density at radius 1 is 1.24 bits per heavy atom. The number of rotatable bonds is 4. The van der Waals surface area contributed by atoms with Gasteiger partial charge in [0.15, 0.2) is 0 Å². The van der Waals surface area contributed by atoms with Crippen molar-refractivity contribution >= 4 is 16.7 Å². The molecule has 0 fully saturated rings. The molecule has 0 atom stereocenters. The molecule has 0 aliphatic heterocycles. The highest BCUT2D eigenvalue weighted by Gasteiger charge is 2.22. The van der Waals surface area contributed by atoms with E-state index in [9.17, 15) is 4.79 Å². The van der Waals surface area contributed by atoms with Crippen LogP contribution in [0.5, 0.6) is 0 Å². The first-order valence-corrected chi connectivity index (χ1v) is 5.33. The first kappa shape index (κ1) is 11.8. The minimum Gasteiger partial charge on any atom is -0.350 e. The summed E-state index contributed by atoms with van der Waals surface area (Å²) in [6.45, 7) is 0. The summed E-state index contributed by atoms with van der Waals surface area (Å²) in [4.78, 5) is 12.2. The third-order valence-electron chi connectivity index (χ3n) is 2.80. The monoisotopic (exact) mass is 233 g/mol. The lowest BCUT2D eigenvalue weighted by Crippen LogP contribution is -2.24. The zero-order valence-electron chi connectivity index (χ0n) is 10.1. The zero-order valence-corrected chi connectivity index (χ0v) is 10.1. The Morgan fingerprint density at radius 2 is 1.88 bits per heavy atom. The van der Waals surface area contributed by atoms with Crippen LogP contribution in [0, 0.1) is 0 Å². The van der Waals surface area contributed by atoms with Crippen molar-refractivity contribution in [1.29, 1.82) is 0 Å². The number of aryl methyl sites for hydroxylation is 1. The lowest BCUT2D eigenvalue weighted by Gasteiger charge is -2.10. The summed E-state index contributed by atoms with van der Waals surface area (Å²) in [6, 6.07) is 7.75. The van der Waals surface area contributed by atoms with Gasteiger partial charge in [-0.05, 0) is 6.07 Å². The van der Waals surface area contributed by atoms with Gasteiger partial charge in [0.2, 0.25) is 12.1 Å². The number of benzene rings is 1. The molecule has 2 rings (SSSR count). The molecule has 1 aromatic heterocycles. The van der Waals surface area contributed by atoms with Crippen LogP contribution in [0.2, 0.25) is 0 Å². The lowest BCUT2D eigenvalue weighted by atomic mass is 10.1. The van der Waals surface area contributed by atoms with E-state index in [0.717, 1.165) is 10.9 Å². The highest BCUT2D eigenvalue weighted by molar-refractivity contribution is 6.09. The second kappa shape index (κ2) is 4.69. The van der Waals surface area contributed by atoms with Gasteiger partial charge in [0.05, 0.1) is 0 Å². The molecule has 4 heteroatoms. The highest BCUT2D eigenvalue weighted by Crippen LogP contribution is 2.22. The summed E-state index contributed by atoms with van der Waals surface area (Å²) >= 11 is 0. The smallest absolute Gasteiger partial charge is 0.222 e. The quantitative estimate of drug-likeness (QED) is 0.599. The van der Waals surface area contributed by atoms with Crippen molar-refractivity contribution < 1.29 is 14.3 Å². The fraction of sp³-hybridized carbons (Fsp3) is 0.308. The number of hydrogen-bond acceptors (Lipinski definition) is 3. The molecule has 2 aromatic rings. The number of aromatic nitrogens is 1. The van der Waals surface area contributed by atoms with E-state index in [4.69, 9.17) is 9.47 Å².